The monoisotopic (exact) mass is 286 g/mol. The van der Waals surface area contributed by atoms with Gasteiger partial charge in [-0.1, -0.05) is 6.07 Å². The zero-order chi connectivity index (χ0) is 15.4. The van der Waals surface area contributed by atoms with E-state index in [4.69, 9.17) is 0 Å². The van der Waals surface area contributed by atoms with Gasteiger partial charge >= 0.3 is 0 Å². The molecule has 1 amide bonds. The van der Waals surface area contributed by atoms with Crippen molar-refractivity contribution in [3.63, 3.8) is 0 Å². The first-order valence-electron chi connectivity index (χ1n) is 6.58. The summed E-state index contributed by atoms with van der Waals surface area (Å²) in [7, 11) is 3.82. The molecule has 0 atom stereocenters. The first-order chi connectivity index (χ1) is 9.97. The fourth-order valence-corrected chi connectivity index (χ4v) is 1.81. The molecule has 0 saturated carbocycles. The van der Waals surface area contributed by atoms with Crippen LogP contribution in [0.3, 0.4) is 0 Å². The van der Waals surface area contributed by atoms with E-state index >= 15 is 0 Å². The lowest BCUT2D eigenvalue weighted by molar-refractivity contribution is 0.0949. The number of carbonyl (C=O) groups excluding carboxylic acids is 1. The Kier molecular flexibility index (Phi) is 4.37. The molecule has 0 aliphatic heterocycles. The second-order valence-corrected chi connectivity index (χ2v) is 4.99. The van der Waals surface area contributed by atoms with Crippen molar-refractivity contribution in [2.45, 2.75) is 13.5 Å². The molecule has 21 heavy (non-hydrogen) atoms. The summed E-state index contributed by atoms with van der Waals surface area (Å²) in [6.45, 7) is 2.09. The van der Waals surface area contributed by atoms with Crippen LogP contribution in [0.5, 0.6) is 0 Å². The maximum absolute atomic E-state index is 12.0. The Balaban J connectivity index is 2.02. The third-order valence-corrected chi connectivity index (χ3v) is 3.02. The highest BCUT2D eigenvalue weighted by atomic mass is 16.2. The standard InChI is InChI=1S/C15H18N4O2/c1-10-4-6-12(15(21)18-10)14(20)17-9-11-5-7-13(16-8-11)19(2)3/h4-8H,9H2,1-3H3,(H,17,20)(H,18,21). The number of anilines is 1. The molecule has 2 heterocycles. The molecule has 0 radical (unpaired) electrons. The van der Waals surface area contributed by atoms with Gasteiger partial charge in [-0.2, -0.15) is 0 Å². The lowest BCUT2D eigenvalue weighted by Crippen LogP contribution is -2.29. The van der Waals surface area contributed by atoms with Crippen LogP contribution in [-0.2, 0) is 6.54 Å². The van der Waals surface area contributed by atoms with Gasteiger partial charge in [0.05, 0.1) is 0 Å². The molecule has 0 aromatic carbocycles. The molecule has 0 aliphatic carbocycles. The molecule has 0 bridgehead atoms. The predicted octanol–water partition coefficient (Wildman–Crippen LogP) is 1.07. The Bertz CT molecular complexity index is 690. The highest BCUT2D eigenvalue weighted by Crippen LogP contribution is 2.07. The molecule has 0 fully saturated rings. The van der Waals surface area contributed by atoms with Crippen LogP contribution in [0.1, 0.15) is 21.6 Å². The average molecular weight is 286 g/mol. The molecule has 2 aromatic rings. The number of aryl methyl sites for hydroxylation is 1. The van der Waals surface area contributed by atoms with Crippen LogP contribution in [0.15, 0.2) is 35.3 Å². The van der Waals surface area contributed by atoms with Gasteiger partial charge in [-0.25, -0.2) is 4.98 Å². The number of nitrogens with zero attached hydrogens (tertiary/aromatic N) is 2. The van der Waals surface area contributed by atoms with Crippen molar-refractivity contribution in [2.75, 3.05) is 19.0 Å². The van der Waals surface area contributed by atoms with Crippen LogP contribution in [-0.4, -0.2) is 30.0 Å². The Morgan fingerprint density at radius 3 is 2.62 bits per heavy atom. The van der Waals surface area contributed by atoms with E-state index in [0.717, 1.165) is 17.1 Å². The number of carbonyl (C=O) groups is 1. The average Bonchev–Trinajstić information content (AvgIpc) is 2.45. The normalized spacial score (nSPS) is 10.2. The van der Waals surface area contributed by atoms with Crippen LogP contribution in [0.4, 0.5) is 5.82 Å². The van der Waals surface area contributed by atoms with Crippen LogP contribution in [0.2, 0.25) is 0 Å². The summed E-state index contributed by atoms with van der Waals surface area (Å²) in [5.41, 5.74) is 1.32. The topological polar surface area (TPSA) is 78.1 Å². The molecule has 0 unspecified atom stereocenters. The van der Waals surface area contributed by atoms with Gasteiger partial charge in [0, 0.05) is 32.5 Å². The Labute approximate surface area is 122 Å². The first kappa shape index (κ1) is 14.8. The molecule has 2 N–H and O–H groups in total. The second-order valence-electron chi connectivity index (χ2n) is 4.99. The van der Waals surface area contributed by atoms with E-state index in [1.807, 2.05) is 31.1 Å². The van der Waals surface area contributed by atoms with Gasteiger partial charge < -0.3 is 15.2 Å². The van der Waals surface area contributed by atoms with Crippen LogP contribution < -0.4 is 15.8 Å². The SMILES string of the molecule is Cc1ccc(C(=O)NCc2ccc(N(C)C)nc2)c(=O)[nH]1. The Morgan fingerprint density at radius 2 is 2.05 bits per heavy atom. The zero-order valence-corrected chi connectivity index (χ0v) is 12.3. The largest absolute Gasteiger partial charge is 0.363 e. The summed E-state index contributed by atoms with van der Waals surface area (Å²) in [6, 6.07) is 6.99. The number of H-pyrrole nitrogens is 1. The summed E-state index contributed by atoms with van der Waals surface area (Å²) < 4.78 is 0. The lowest BCUT2D eigenvalue weighted by Gasteiger charge is -2.11. The third-order valence-electron chi connectivity index (χ3n) is 3.02. The number of aromatic amines is 1. The molecule has 0 saturated heterocycles. The summed E-state index contributed by atoms with van der Waals surface area (Å²) in [5.74, 6) is 0.452. The molecule has 2 rings (SSSR count). The van der Waals surface area contributed by atoms with Crippen molar-refractivity contribution >= 4 is 11.7 Å². The molecule has 2 aromatic heterocycles. The summed E-state index contributed by atoms with van der Waals surface area (Å²) in [5, 5.41) is 2.71. The highest BCUT2D eigenvalue weighted by Gasteiger charge is 2.10. The number of aromatic nitrogens is 2. The van der Waals surface area contributed by atoms with Gasteiger partial charge in [0.1, 0.15) is 11.4 Å². The fourth-order valence-electron chi connectivity index (χ4n) is 1.81. The van der Waals surface area contributed by atoms with E-state index in [1.54, 1.807) is 19.2 Å². The summed E-state index contributed by atoms with van der Waals surface area (Å²) in [6.07, 6.45) is 1.70. The quantitative estimate of drug-likeness (QED) is 0.881. The molecule has 6 heteroatoms. The number of hydrogen-bond acceptors (Lipinski definition) is 4. The molecule has 6 nitrogen and oxygen atoms in total. The minimum absolute atomic E-state index is 0.110. The van der Waals surface area contributed by atoms with E-state index in [1.165, 1.54) is 6.07 Å². The maximum atomic E-state index is 12.0. The van der Waals surface area contributed by atoms with Gasteiger partial charge in [-0.05, 0) is 30.7 Å². The Hall–Kier alpha value is -2.63. The number of nitrogens with one attached hydrogen (secondary N) is 2. The van der Waals surface area contributed by atoms with Gasteiger partial charge in [-0.15, -0.1) is 0 Å². The maximum Gasteiger partial charge on any atom is 0.260 e. The van der Waals surface area contributed by atoms with Crippen molar-refractivity contribution in [1.82, 2.24) is 15.3 Å². The van der Waals surface area contributed by atoms with Crippen LogP contribution in [0.25, 0.3) is 0 Å². The minimum atomic E-state index is -0.395. The van der Waals surface area contributed by atoms with E-state index in [-0.39, 0.29) is 11.1 Å². The molecule has 0 spiro atoms. The minimum Gasteiger partial charge on any atom is -0.363 e. The Morgan fingerprint density at radius 1 is 1.29 bits per heavy atom. The van der Waals surface area contributed by atoms with Crippen molar-refractivity contribution in [1.29, 1.82) is 0 Å². The fraction of sp³-hybridized carbons (Fsp3) is 0.267. The number of amides is 1. The third kappa shape index (κ3) is 3.68. The molecule has 110 valence electrons. The van der Waals surface area contributed by atoms with Crippen molar-refractivity contribution in [2.24, 2.45) is 0 Å². The smallest absolute Gasteiger partial charge is 0.260 e. The van der Waals surface area contributed by atoms with Crippen molar-refractivity contribution in [3.05, 3.63) is 57.6 Å². The van der Waals surface area contributed by atoms with Crippen LogP contribution in [0, 0.1) is 6.92 Å². The van der Waals surface area contributed by atoms with E-state index in [0.29, 0.717) is 6.54 Å². The predicted molar refractivity (Wildman–Crippen MR) is 81.5 cm³/mol. The van der Waals surface area contributed by atoms with Gasteiger partial charge in [-0.3, -0.25) is 9.59 Å². The highest BCUT2D eigenvalue weighted by molar-refractivity contribution is 5.93. The number of rotatable bonds is 4. The molecular formula is C15H18N4O2. The van der Waals surface area contributed by atoms with Crippen molar-refractivity contribution < 1.29 is 4.79 Å². The summed E-state index contributed by atoms with van der Waals surface area (Å²) in [4.78, 5) is 32.4. The first-order valence-corrected chi connectivity index (χ1v) is 6.58. The van der Waals surface area contributed by atoms with Gasteiger partial charge in [0.2, 0.25) is 0 Å². The molecular weight excluding hydrogens is 268 g/mol. The van der Waals surface area contributed by atoms with E-state index in [9.17, 15) is 9.59 Å². The van der Waals surface area contributed by atoms with E-state index in [2.05, 4.69) is 15.3 Å². The number of pyridine rings is 2. The zero-order valence-electron chi connectivity index (χ0n) is 12.3. The molecule has 0 aliphatic rings. The lowest BCUT2D eigenvalue weighted by atomic mass is 10.2. The van der Waals surface area contributed by atoms with Crippen molar-refractivity contribution in [3.8, 4) is 0 Å². The van der Waals surface area contributed by atoms with Gasteiger partial charge in [0.15, 0.2) is 0 Å². The second kappa shape index (κ2) is 6.21. The van der Waals surface area contributed by atoms with Gasteiger partial charge in [0.25, 0.3) is 11.5 Å². The van der Waals surface area contributed by atoms with Crippen LogP contribution >= 0.6 is 0 Å². The summed E-state index contributed by atoms with van der Waals surface area (Å²) >= 11 is 0. The number of hydrogen-bond donors (Lipinski definition) is 2. The van der Waals surface area contributed by atoms with E-state index < -0.39 is 5.91 Å².